The minimum Gasteiger partial charge on any atom is -0.324 e. The third-order valence-corrected chi connectivity index (χ3v) is 5.58. The van der Waals surface area contributed by atoms with Gasteiger partial charge >= 0.3 is 0 Å². The normalized spacial score (nSPS) is 13.0. The Morgan fingerprint density at radius 3 is 2.53 bits per heavy atom. The number of benzene rings is 2. The maximum Gasteiger partial charge on any atom is 0.270 e. The third kappa shape index (κ3) is 4.14. The molecule has 1 aromatic heterocycles. The van der Waals surface area contributed by atoms with Gasteiger partial charge in [0.25, 0.3) is 5.56 Å². The molecule has 7 heteroatoms. The number of nitrogens with zero attached hydrogens (tertiary/aromatic N) is 2. The molecule has 1 aliphatic carbocycles. The maximum absolute atomic E-state index is 13.3. The zero-order valence-electron chi connectivity index (χ0n) is 16.5. The van der Waals surface area contributed by atoms with Gasteiger partial charge in [-0.3, -0.25) is 9.59 Å². The number of nitrogens with one attached hydrogen (secondary N) is 1. The minimum absolute atomic E-state index is 0.0847. The summed E-state index contributed by atoms with van der Waals surface area (Å²) in [5.41, 5.74) is 4.67. The van der Waals surface area contributed by atoms with Crippen LogP contribution in [0.3, 0.4) is 0 Å². The molecule has 154 valence electrons. The molecule has 1 N–H and O–H groups in total. The van der Waals surface area contributed by atoms with E-state index in [0.717, 1.165) is 47.2 Å². The number of aromatic nitrogens is 2. The predicted molar refractivity (Wildman–Crippen MR) is 115 cm³/mol. The Morgan fingerprint density at radius 1 is 1.13 bits per heavy atom. The summed E-state index contributed by atoms with van der Waals surface area (Å²) in [7, 11) is 0. The molecule has 4 rings (SSSR count). The Kier molecular flexibility index (Phi) is 5.68. The van der Waals surface area contributed by atoms with Crippen molar-refractivity contribution < 1.29 is 9.18 Å². The molecule has 0 radical (unpaired) electrons. The van der Waals surface area contributed by atoms with Crippen LogP contribution in [0.15, 0.2) is 47.3 Å². The third-order valence-electron chi connectivity index (χ3n) is 5.29. The lowest BCUT2D eigenvalue weighted by molar-refractivity contribution is -0.117. The summed E-state index contributed by atoms with van der Waals surface area (Å²) in [6, 6.07) is 11.9. The van der Waals surface area contributed by atoms with Crippen LogP contribution in [0.2, 0.25) is 5.02 Å². The van der Waals surface area contributed by atoms with Crippen molar-refractivity contribution in [2.75, 3.05) is 5.32 Å². The summed E-state index contributed by atoms with van der Waals surface area (Å²) in [5.74, 6) is -0.997. The van der Waals surface area contributed by atoms with E-state index in [-0.39, 0.29) is 17.1 Å². The zero-order chi connectivity index (χ0) is 21.3. The highest BCUT2D eigenvalue weighted by molar-refractivity contribution is 6.31. The molecule has 0 atom stereocenters. The molecule has 0 spiro atoms. The Hall–Kier alpha value is -2.99. The number of amides is 1. The molecule has 5 nitrogen and oxygen atoms in total. The molecule has 0 fully saturated rings. The van der Waals surface area contributed by atoms with Crippen molar-refractivity contribution in [3.05, 3.63) is 80.3 Å². The van der Waals surface area contributed by atoms with Gasteiger partial charge in [-0.2, -0.15) is 5.10 Å². The lowest BCUT2D eigenvalue weighted by Gasteiger charge is -2.20. The van der Waals surface area contributed by atoms with E-state index in [2.05, 4.69) is 10.4 Å². The van der Waals surface area contributed by atoms with Gasteiger partial charge in [-0.05, 0) is 56.4 Å². The van der Waals surface area contributed by atoms with Gasteiger partial charge in [-0.15, -0.1) is 0 Å². The van der Waals surface area contributed by atoms with Crippen LogP contribution in [0.5, 0.6) is 0 Å². The highest BCUT2D eigenvalue weighted by atomic mass is 35.5. The number of halogens is 2. The van der Waals surface area contributed by atoms with E-state index in [4.69, 9.17) is 11.6 Å². The van der Waals surface area contributed by atoms with Crippen molar-refractivity contribution in [1.82, 2.24) is 9.78 Å². The average Bonchev–Trinajstić information content (AvgIpc) is 2.73. The molecular formula is C23H21ClFN3O2. The molecule has 0 saturated heterocycles. The van der Waals surface area contributed by atoms with Gasteiger partial charge in [0.2, 0.25) is 5.91 Å². The van der Waals surface area contributed by atoms with Crippen LogP contribution in [0.4, 0.5) is 10.1 Å². The van der Waals surface area contributed by atoms with E-state index in [1.165, 1.54) is 22.9 Å². The second kappa shape index (κ2) is 8.40. The molecule has 1 aliphatic rings. The summed E-state index contributed by atoms with van der Waals surface area (Å²) in [4.78, 5) is 25.5. The SMILES string of the molecule is Cc1ccc(-c2nn(CC(=O)Nc3ccc(F)c(Cl)c3)c(=O)c3c2CCCC3)cc1. The van der Waals surface area contributed by atoms with E-state index in [1.807, 2.05) is 31.2 Å². The van der Waals surface area contributed by atoms with Gasteiger partial charge in [0.05, 0.1) is 10.7 Å². The van der Waals surface area contributed by atoms with E-state index >= 15 is 0 Å². The summed E-state index contributed by atoms with van der Waals surface area (Å²) in [5, 5.41) is 7.11. The van der Waals surface area contributed by atoms with E-state index in [1.54, 1.807) is 0 Å². The van der Waals surface area contributed by atoms with Crippen molar-refractivity contribution in [3.63, 3.8) is 0 Å². The van der Waals surface area contributed by atoms with Crippen molar-refractivity contribution in [3.8, 4) is 11.3 Å². The summed E-state index contributed by atoms with van der Waals surface area (Å²) < 4.78 is 14.5. The topological polar surface area (TPSA) is 64.0 Å². The van der Waals surface area contributed by atoms with Gasteiger partial charge < -0.3 is 5.32 Å². The summed E-state index contributed by atoms with van der Waals surface area (Å²) in [6.45, 7) is 1.78. The van der Waals surface area contributed by atoms with Crippen LogP contribution in [-0.2, 0) is 24.2 Å². The number of aryl methyl sites for hydroxylation is 1. The first-order chi connectivity index (χ1) is 14.4. The Balaban J connectivity index is 1.68. The van der Waals surface area contributed by atoms with Gasteiger partial charge in [0, 0.05) is 16.8 Å². The highest BCUT2D eigenvalue weighted by Gasteiger charge is 2.22. The molecule has 1 heterocycles. The van der Waals surface area contributed by atoms with Crippen LogP contribution in [0, 0.1) is 12.7 Å². The van der Waals surface area contributed by atoms with Crippen molar-refractivity contribution >= 4 is 23.2 Å². The largest absolute Gasteiger partial charge is 0.324 e. The van der Waals surface area contributed by atoms with Crippen molar-refractivity contribution in [2.45, 2.75) is 39.2 Å². The lowest BCUT2D eigenvalue weighted by Crippen LogP contribution is -2.34. The quantitative estimate of drug-likeness (QED) is 0.668. The molecule has 0 bridgehead atoms. The van der Waals surface area contributed by atoms with Gasteiger partial charge in [0.1, 0.15) is 12.4 Å². The fourth-order valence-corrected chi connectivity index (χ4v) is 3.93. The first-order valence-corrected chi connectivity index (χ1v) is 10.2. The number of hydrogen-bond donors (Lipinski definition) is 1. The van der Waals surface area contributed by atoms with Crippen LogP contribution < -0.4 is 10.9 Å². The smallest absolute Gasteiger partial charge is 0.270 e. The number of anilines is 1. The lowest BCUT2D eigenvalue weighted by atomic mass is 9.89. The van der Waals surface area contributed by atoms with E-state index in [0.29, 0.717) is 12.1 Å². The van der Waals surface area contributed by atoms with Crippen LogP contribution in [-0.4, -0.2) is 15.7 Å². The van der Waals surface area contributed by atoms with Gasteiger partial charge in [-0.25, -0.2) is 9.07 Å². The van der Waals surface area contributed by atoms with E-state index in [9.17, 15) is 14.0 Å². The fraction of sp³-hybridized carbons (Fsp3) is 0.261. The molecule has 0 saturated carbocycles. The first kappa shape index (κ1) is 20.3. The van der Waals surface area contributed by atoms with Crippen molar-refractivity contribution in [2.24, 2.45) is 0 Å². The second-order valence-electron chi connectivity index (χ2n) is 7.52. The van der Waals surface area contributed by atoms with E-state index < -0.39 is 11.7 Å². The van der Waals surface area contributed by atoms with Crippen LogP contribution in [0.25, 0.3) is 11.3 Å². The standard InChI is InChI=1S/C23H21ClFN3O2/c1-14-6-8-15(9-7-14)22-17-4-2-3-5-18(17)23(30)28(27-22)13-21(29)26-16-10-11-20(25)19(24)12-16/h6-12H,2-5,13H2,1H3,(H,26,29). The maximum atomic E-state index is 13.3. The molecule has 0 unspecified atom stereocenters. The van der Waals surface area contributed by atoms with Gasteiger partial charge in [0.15, 0.2) is 0 Å². The Morgan fingerprint density at radius 2 is 1.83 bits per heavy atom. The molecular weight excluding hydrogens is 405 g/mol. The number of hydrogen-bond acceptors (Lipinski definition) is 3. The number of carbonyl (C=O) groups is 1. The van der Waals surface area contributed by atoms with Crippen LogP contribution >= 0.6 is 11.6 Å². The molecule has 3 aromatic rings. The second-order valence-corrected chi connectivity index (χ2v) is 7.93. The molecule has 0 aliphatic heterocycles. The number of fused-ring (bicyclic) bond motifs is 1. The Bertz CT molecular complexity index is 1170. The summed E-state index contributed by atoms with van der Waals surface area (Å²) >= 11 is 5.77. The average molecular weight is 426 g/mol. The molecule has 2 aromatic carbocycles. The molecule has 1 amide bonds. The fourth-order valence-electron chi connectivity index (χ4n) is 3.75. The minimum atomic E-state index is -0.565. The zero-order valence-corrected chi connectivity index (χ0v) is 17.3. The molecule has 30 heavy (non-hydrogen) atoms. The monoisotopic (exact) mass is 425 g/mol. The predicted octanol–water partition coefficient (Wildman–Crippen LogP) is 4.53. The number of carbonyl (C=O) groups excluding carboxylic acids is 1. The van der Waals surface area contributed by atoms with Crippen molar-refractivity contribution in [1.29, 1.82) is 0 Å². The first-order valence-electron chi connectivity index (χ1n) is 9.87. The summed E-state index contributed by atoms with van der Waals surface area (Å²) in [6.07, 6.45) is 3.45. The van der Waals surface area contributed by atoms with Crippen LogP contribution in [0.1, 0.15) is 29.5 Å². The Labute approximate surface area is 178 Å². The van der Waals surface area contributed by atoms with Gasteiger partial charge in [-0.1, -0.05) is 41.4 Å². The number of rotatable bonds is 4. The highest BCUT2D eigenvalue weighted by Crippen LogP contribution is 2.28.